The van der Waals surface area contributed by atoms with Crippen molar-refractivity contribution < 1.29 is 23.5 Å². The van der Waals surface area contributed by atoms with Gasteiger partial charge in [-0.3, -0.25) is 9.59 Å². The second kappa shape index (κ2) is 12.8. The Morgan fingerprint density at radius 2 is 1.67 bits per heavy atom. The average molecular weight is 493 g/mol. The van der Waals surface area contributed by atoms with Gasteiger partial charge >= 0.3 is 0 Å². The molecule has 0 aliphatic carbocycles. The van der Waals surface area contributed by atoms with Crippen molar-refractivity contribution >= 4 is 11.8 Å². The quantitative estimate of drug-likeness (QED) is 0.357. The lowest BCUT2D eigenvalue weighted by atomic mass is 10.1. The number of nitrogens with zero attached hydrogens (tertiary/aromatic N) is 2. The van der Waals surface area contributed by atoms with Crippen LogP contribution in [0.4, 0.5) is 0 Å². The van der Waals surface area contributed by atoms with Gasteiger partial charge in [0.05, 0.1) is 27.0 Å². The molecule has 7 heteroatoms. The summed E-state index contributed by atoms with van der Waals surface area (Å²) in [6.07, 6.45) is 2.21. The van der Waals surface area contributed by atoms with Crippen LogP contribution in [0.5, 0.6) is 11.5 Å². The standard InChI is InChI=1S/C29H36N2O5/c1-21(2)18-31(29(33)24-11-8-22(3)9-12-24)20-28(32)30(19-25-7-6-16-36-25)15-14-23-10-13-26(34-4)27(17-23)35-5/h6-13,16-17,21H,14-15,18-20H2,1-5H3. The smallest absolute Gasteiger partial charge is 0.254 e. The lowest BCUT2D eigenvalue weighted by Crippen LogP contribution is -2.44. The SMILES string of the molecule is COc1ccc(CCN(Cc2ccco2)C(=O)CN(CC(C)C)C(=O)c2ccc(C)cc2)cc1OC. The number of methoxy groups -OCH3 is 2. The molecule has 0 aliphatic rings. The second-order valence-corrected chi connectivity index (χ2v) is 9.28. The predicted octanol–water partition coefficient (Wildman–Crippen LogP) is 4.97. The summed E-state index contributed by atoms with van der Waals surface area (Å²) in [6.45, 7) is 7.33. The zero-order valence-electron chi connectivity index (χ0n) is 21.8. The fourth-order valence-electron chi connectivity index (χ4n) is 3.98. The zero-order chi connectivity index (χ0) is 26.1. The van der Waals surface area contributed by atoms with Gasteiger partial charge < -0.3 is 23.7 Å². The maximum atomic E-state index is 13.5. The topological polar surface area (TPSA) is 72.2 Å². The van der Waals surface area contributed by atoms with E-state index >= 15 is 0 Å². The van der Waals surface area contributed by atoms with E-state index < -0.39 is 0 Å². The zero-order valence-corrected chi connectivity index (χ0v) is 21.8. The van der Waals surface area contributed by atoms with Crippen molar-refractivity contribution in [1.29, 1.82) is 0 Å². The molecule has 1 heterocycles. The molecule has 1 aromatic heterocycles. The average Bonchev–Trinajstić information content (AvgIpc) is 3.38. The Balaban J connectivity index is 1.77. The van der Waals surface area contributed by atoms with Crippen LogP contribution in [0.15, 0.2) is 65.3 Å². The molecule has 2 amide bonds. The van der Waals surface area contributed by atoms with Crippen LogP contribution >= 0.6 is 0 Å². The van der Waals surface area contributed by atoms with E-state index in [-0.39, 0.29) is 24.3 Å². The lowest BCUT2D eigenvalue weighted by molar-refractivity contribution is -0.132. The van der Waals surface area contributed by atoms with Crippen LogP contribution < -0.4 is 9.47 Å². The van der Waals surface area contributed by atoms with Crippen molar-refractivity contribution in [1.82, 2.24) is 9.80 Å². The van der Waals surface area contributed by atoms with Gasteiger partial charge in [-0.05, 0) is 61.2 Å². The van der Waals surface area contributed by atoms with E-state index in [0.717, 1.165) is 11.1 Å². The van der Waals surface area contributed by atoms with Crippen LogP contribution in [0.1, 0.15) is 41.1 Å². The van der Waals surface area contributed by atoms with Crippen LogP contribution in [0.25, 0.3) is 0 Å². The summed E-state index contributed by atoms with van der Waals surface area (Å²) >= 11 is 0. The first kappa shape index (κ1) is 26.9. The number of ether oxygens (including phenoxy) is 2. The molecular weight excluding hydrogens is 456 g/mol. The Labute approximate surface area is 213 Å². The Morgan fingerprint density at radius 1 is 0.944 bits per heavy atom. The molecule has 0 bridgehead atoms. The Bertz CT molecular complexity index is 1120. The highest BCUT2D eigenvalue weighted by Gasteiger charge is 2.24. The molecule has 36 heavy (non-hydrogen) atoms. The molecule has 0 radical (unpaired) electrons. The third-order valence-electron chi connectivity index (χ3n) is 5.90. The number of benzene rings is 2. The van der Waals surface area contributed by atoms with Crippen molar-refractivity contribution in [2.24, 2.45) is 5.92 Å². The monoisotopic (exact) mass is 492 g/mol. The summed E-state index contributed by atoms with van der Waals surface area (Å²) in [5.74, 6) is 1.94. The normalized spacial score (nSPS) is 10.8. The van der Waals surface area contributed by atoms with E-state index in [0.29, 0.717) is 48.9 Å². The maximum Gasteiger partial charge on any atom is 0.254 e. The van der Waals surface area contributed by atoms with Crippen LogP contribution in [0.3, 0.4) is 0 Å². The first-order valence-corrected chi connectivity index (χ1v) is 12.2. The molecule has 2 aromatic carbocycles. The van der Waals surface area contributed by atoms with Crippen LogP contribution in [0.2, 0.25) is 0 Å². The summed E-state index contributed by atoms with van der Waals surface area (Å²) < 4.78 is 16.3. The summed E-state index contributed by atoms with van der Waals surface area (Å²) in [7, 11) is 3.20. The largest absolute Gasteiger partial charge is 0.493 e. The molecule has 0 saturated heterocycles. The number of carbonyl (C=O) groups excluding carboxylic acids is 2. The van der Waals surface area contributed by atoms with Crippen molar-refractivity contribution in [3.63, 3.8) is 0 Å². The van der Waals surface area contributed by atoms with Crippen LogP contribution in [-0.2, 0) is 17.8 Å². The Morgan fingerprint density at radius 3 is 2.28 bits per heavy atom. The summed E-state index contributed by atoms with van der Waals surface area (Å²) in [6, 6.07) is 16.8. The minimum absolute atomic E-state index is 0.00245. The van der Waals surface area contributed by atoms with Crippen molar-refractivity contribution in [2.75, 3.05) is 33.9 Å². The highest BCUT2D eigenvalue weighted by Crippen LogP contribution is 2.27. The van der Waals surface area contributed by atoms with E-state index in [4.69, 9.17) is 13.9 Å². The molecular formula is C29H36N2O5. The molecule has 0 saturated carbocycles. The van der Waals surface area contributed by atoms with E-state index in [1.807, 2.05) is 69.3 Å². The van der Waals surface area contributed by atoms with Gasteiger partial charge in [0.2, 0.25) is 5.91 Å². The van der Waals surface area contributed by atoms with Crippen molar-refractivity contribution in [3.8, 4) is 11.5 Å². The minimum atomic E-state index is -0.144. The van der Waals surface area contributed by atoms with Gasteiger partial charge in [0.1, 0.15) is 12.3 Å². The van der Waals surface area contributed by atoms with Gasteiger partial charge in [0.25, 0.3) is 5.91 Å². The fraction of sp³-hybridized carbons (Fsp3) is 0.379. The third-order valence-corrected chi connectivity index (χ3v) is 5.90. The van der Waals surface area contributed by atoms with Crippen molar-refractivity contribution in [3.05, 3.63) is 83.3 Å². The summed E-state index contributed by atoms with van der Waals surface area (Å²) in [5, 5.41) is 0. The van der Waals surface area contributed by atoms with Crippen LogP contribution in [0, 0.1) is 12.8 Å². The van der Waals surface area contributed by atoms with Gasteiger partial charge in [-0.25, -0.2) is 0 Å². The van der Waals surface area contributed by atoms with E-state index in [1.54, 1.807) is 36.3 Å². The fourth-order valence-corrected chi connectivity index (χ4v) is 3.98. The molecule has 192 valence electrons. The lowest BCUT2D eigenvalue weighted by Gasteiger charge is -2.28. The molecule has 0 fully saturated rings. The van der Waals surface area contributed by atoms with E-state index in [2.05, 4.69) is 0 Å². The molecule has 0 atom stereocenters. The van der Waals surface area contributed by atoms with Crippen molar-refractivity contribution in [2.45, 2.75) is 33.7 Å². The highest BCUT2D eigenvalue weighted by atomic mass is 16.5. The van der Waals surface area contributed by atoms with Gasteiger partial charge in [0.15, 0.2) is 11.5 Å². The van der Waals surface area contributed by atoms with E-state index in [1.165, 1.54) is 0 Å². The number of aryl methyl sites for hydroxylation is 1. The van der Waals surface area contributed by atoms with E-state index in [9.17, 15) is 9.59 Å². The number of rotatable bonds is 12. The van der Waals surface area contributed by atoms with Crippen LogP contribution in [-0.4, -0.2) is 55.5 Å². The third kappa shape index (κ3) is 7.38. The molecule has 0 aliphatic heterocycles. The Hall–Kier alpha value is -3.74. The molecule has 7 nitrogen and oxygen atoms in total. The van der Waals surface area contributed by atoms with Gasteiger partial charge in [-0.2, -0.15) is 0 Å². The highest BCUT2D eigenvalue weighted by molar-refractivity contribution is 5.96. The Kier molecular flexibility index (Phi) is 9.56. The molecule has 3 aromatic rings. The number of furan rings is 1. The molecule has 0 N–H and O–H groups in total. The predicted molar refractivity (Wildman–Crippen MR) is 139 cm³/mol. The molecule has 0 unspecified atom stereocenters. The summed E-state index contributed by atoms with van der Waals surface area (Å²) in [5.41, 5.74) is 2.68. The molecule has 0 spiro atoms. The molecule has 3 rings (SSSR count). The van der Waals surface area contributed by atoms with Gasteiger partial charge in [-0.15, -0.1) is 0 Å². The number of amides is 2. The number of carbonyl (C=O) groups is 2. The van der Waals surface area contributed by atoms with Gasteiger partial charge in [0, 0.05) is 18.7 Å². The second-order valence-electron chi connectivity index (χ2n) is 9.28. The summed E-state index contributed by atoms with van der Waals surface area (Å²) in [4.78, 5) is 30.2. The van der Waals surface area contributed by atoms with Gasteiger partial charge in [-0.1, -0.05) is 37.6 Å². The number of hydrogen-bond donors (Lipinski definition) is 0. The number of hydrogen-bond acceptors (Lipinski definition) is 5. The maximum absolute atomic E-state index is 13.5. The first-order chi connectivity index (χ1) is 17.3. The first-order valence-electron chi connectivity index (χ1n) is 12.2. The minimum Gasteiger partial charge on any atom is -0.493 e.